The van der Waals surface area contributed by atoms with Crippen LogP contribution in [-0.4, -0.2) is 0 Å². The van der Waals surface area contributed by atoms with E-state index < -0.39 is 0 Å². The molecule has 13 heavy (non-hydrogen) atoms. The second-order valence-electron chi connectivity index (χ2n) is 2.71. The molecule has 0 saturated carbocycles. The van der Waals surface area contributed by atoms with E-state index in [1.54, 1.807) is 6.07 Å². The number of nitrogen functional groups attached to an aromatic ring is 1. The molecule has 2 rings (SSSR count). The molecule has 3 heteroatoms. The van der Waals surface area contributed by atoms with Crippen molar-refractivity contribution in [1.29, 1.82) is 0 Å². The van der Waals surface area contributed by atoms with Crippen molar-refractivity contribution in [2.75, 3.05) is 5.73 Å². The lowest BCUT2D eigenvalue weighted by molar-refractivity contribution is 0.603. The van der Waals surface area contributed by atoms with Crippen LogP contribution in [0.25, 0.3) is 11.3 Å². The van der Waals surface area contributed by atoms with Crippen LogP contribution in [0, 0.1) is 0 Å². The van der Waals surface area contributed by atoms with Gasteiger partial charge in [0.25, 0.3) is 0 Å². The largest absolute Gasteiger partial charge is 0.441 e. The Hall–Kier alpha value is -1.22. The van der Waals surface area contributed by atoms with Gasteiger partial charge in [-0.2, -0.15) is 0 Å². The third-order valence-corrected chi connectivity index (χ3v) is 2.23. The Morgan fingerprint density at radius 2 is 2.00 bits per heavy atom. The highest BCUT2D eigenvalue weighted by Crippen LogP contribution is 2.25. The van der Waals surface area contributed by atoms with Crippen LogP contribution in [0.1, 0.15) is 0 Å². The van der Waals surface area contributed by atoms with E-state index in [9.17, 15) is 0 Å². The average Bonchev–Trinajstić information content (AvgIpc) is 2.52. The molecule has 0 aliphatic rings. The first kappa shape index (κ1) is 8.38. The van der Waals surface area contributed by atoms with Gasteiger partial charge in [-0.15, -0.1) is 0 Å². The van der Waals surface area contributed by atoms with Crippen molar-refractivity contribution < 1.29 is 4.42 Å². The summed E-state index contributed by atoms with van der Waals surface area (Å²) in [5, 5.41) is 0. The molecule has 0 atom stereocenters. The Morgan fingerprint density at radius 3 is 2.62 bits per heavy atom. The molecule has 0 aliphatic carbocycles. The van der Waals surface area contributed by atoms with Gasteiger partial charge in [0, 0.05) is 16.1 Å². The Kier molecular flexibility index (Phi) is 2.10. The highest BCUT2D eigenvalue weighted by atomic mass is 79.9. The van der Waals surface area contributed by atoms with Crippen LogP contribution < -0.4 is 5.73 Å². The van der Waals surface area contributed by atoms with Gasteiger partial charge in [0.2, 0.25) is 0 Å². The molecule has 2 N–H and O–H groups in total. The number of anilines is 1. The molecule has 0 radical (unpaired) electrons. The number of nitrogens with two attached hydrogens (primary N) is 1. The van der Waals surface area contributed by atoms with Gasteiger partial charge < -0.3 is 10.2 Å². The first-order valence-electron chi connectivity index (χ1n) is 3.87. The maximum absolute atomic E-state index is 5.48. The Balaban J connectivity index is 2.46. The number of furan rings is 1. The van der Waals surface area contributed by atoms with E-state index >= 15 is 0 Å². The highest BCUT2D eigenvalue weighted by Gasteiger charge is 2.01. The van der Waals surface area contributed by atoms with Crippen molar-refractivity contribution in [2.24, 2.45) is 0 Å². The molecule has 0 bridgehead atoms. The summed E-state index contributed by atoms with van der Waals surface area (Å²) < 4.78 is 6.31. The predicted molar refractivity (Wildman–Crippen MR) is 56.3 cm³/mol. The molecule has 1 heterocycles. The van der Waals surface area contributed by atoms with Gasteiger partial charge in [-0.05, 0) is 18.2 Å². The maximum atomic E-state index is 5.48. The lowest BCUT2D eigenvalue weighted by atomic mass is 10.2. The quantitative estimate of drug-likeness (QED) is 0.827. The van der Waals surface area contributed by atoms with Crippen molar-refractivity contribution in [3.05, 3.63) is 40.9 Å². The summed E-state index contributed by atoms with van der Waals surface area (Å²) in [6, 6.07) is 11.5. The zero-order valence-corrected chi connectivity index (χ0v) is 8.41. The Bertz CT molecular complexity index is 422. The molecule has 2 nitrogen and oxygen atoms in total. The maximum Gasteiger partial charge on any atom is 0.190 e. The van der Waals surface area contributed by atoms with Crippen molar-refractivity contribution in [3.8, 4) is 11.3 Å². The molecule has 0 spiro atoms. The lowest BCUT2D eigenvalue weighted by Gasteiger charge is -1.96. The number of hydrogen-bond acceptors (Lipinski definition) is 2. The minimum Gasteiger partial charge on any atom is -0.441 e. The van der Waals surface area contributed by atoms with E-state index in [0.29, 0.717) is 5.88 Å². The molecular weight excluding hydrogens is 230 g/mol. The van der Waals surface area contributed by atoms with Crippen LogP contribution in [0.2, 0.25) is 0 Å². The third kappa shape index (κ3) is 1.75. The van der Waals surface area contributed by atoms with Gasteiger partial charge in [-0.3, -0.25) is 0 Å². The summed E-state index contributed by atoms with van der Waals surface area (Å²) in [7, 11) is 0. The predicted octanol–water partition coefficient (Wildman–Crippen LogP) is 3.29. The summed E-state index contributed by atoms with van der Waals surface area (Å²) in [4.78, 5) is 0. The van der Waals surface area contributed by atoms with Crippen LogP contribution in [0.3, 0.4) is 0 Å². The van der Waals surface area contributed by atoms with Crippen molar-refractivity contribution in [1.82, 2.24) is 0 Å². The van der Waals surface area contributed by atoms with E-state index in [0.717, 1.165) is 15.8 Å². The van der Waals surface area contributed by atoms with Crippen molar-refractivity contribution >= 4 is 21.8 Å². The zero-order valence-electron chi connectivity index (χ0n) is 6.83. The fourth-order valence-electron chi connectivity index (χ4n) is 1.15. The topological polar surface area (TPSA) is 39.2 Å². The second-order valence-corrected chi connectivity index (χ2v) is 3.63. The van der Waals surface area contributed by atoms with Gasteiger partial charge >= 0.3 is 0 Å². The lowest BCUT2D eigenvalue weighted by Crippen LogP contribution is -1.77. The van der Waals surface area contributed by atoms with Crippen LogP contribution >= 0.6 is 15.9 Å². The monoisotopic (exact) mass is 237 g/mol. The fraction of sp³-hybridized carbons (Fsp3) is 0. The molecule has 0 fully saturated rings. The molecule has 0 saturated heterocycles. The fourth-order valence-corrected chi connectivity index (χ4v) is 1.55. The van der Waals surface area contributed by atoms with Crippen molar-refractivity contribution in [3.63, 3.8) is 0 Å². The highest BCUT2D eigenvalue weighted by molar-refractivity contribution is 9.10. The summed E-state index contributed by atoms with van der Waals surface area (Å²) >= 11 is 3.39. The summed E-state index contributed by atoms with van der Waals surface area (Å²) in [5.41, 5.74) is 6.50. The van der Waals surface area contributed by atoms with Crippen molar-refractivity contribution in [2.45, 2.75) is 0 Å². The zero-order chi connectivity index (χ0) is 9.26. The molecule has 0 aliphatic heterocycles. The Labute approximate surface area is 84.5 Å². The molecule has 0 unspecified atom stereocenters. The third-order valence-electron chi connectivity index (χ3n) is 1.74. The number of rotatable bonds is 1. The molecule has 1 aromatic heterocycles. The van der Waals surface area contributed by atoms with Crippen LogP contribution in [-0.2, 0) is 0 Å². The first-order valence-corrected chi connectivity index (χ1v) is 4.66. The minimum atomic E-state index is 0.440. The van der Waals surface area contributed by atoms with E-state index in [4.69, 9.17) is 10.2 Å². The smallest absolute Gasteiger partial charge is 0.190 e. The van der Waals surface area contributed by atoms with Gasteiger partial charge in [0.15, 0.2) is 5.88 Å². The average molecular weight is 238 g/mol. The summed E-state index contributed by atoms with van der Waals surface area (Å²) in [5.74, 6) is 1.23. The molecule has 0 amide bonds. The van der Waals surface area contributed by atoms with E-state index in [1.165, 1.54) is 0 Å². The number of benzene rings is 1. The van der Waals surface area contributed by atoms with Gasteiger partial charge in [0.05, 0.1) is 0 Å². The van der Waals surface area contributed by atoms with Crippen LogP contribution in [0.4, 0.5) is 5.88 Å². The number of hydrogen-bond donors (Lipinski definition) is 1. The van der Waals surface area contributed by atoms with Crippen LogP contribution in [0.5, 0.6) is 0 Å². The van der Waals surface area contributed by atoms with E-state index in [1.807, 2.05) is 30.3 Å². The second kappa shape index (κ2) is 3.26. The van der Waals surface area contributed by atoms with E-state index in [2.05, 4.69) is 15.9 Å². The van der Waals surface area contributed by atoms with Gasteiger partial charge in [0.1, 0.15) is 5.76 Å². The SMILES string of the molecule is Nc1ccc(-c2cccc(Br)c2)o1. The van der Waals surface area contributed by atoms with Crippen LogP contribution in [0.15, 0.2) is 45.3 Å². The minimum absolute atomic E-state index is 0.440. The molecular formula is C10H8BrNO. The van der Waals surface area contributed by atoms with Gasteiger partial charge in [-0.1, -0.05) is 28.1 Å². The number of halogens is 1. The molecule has 1 aromatic carbocycles. The first-order chi connectivity index (χ1) is 6.25. The molecule has 66 valence electrons. The normalized spacial score (nSPS) is 10.2. The summed E-state index contributed by atoms with van der Waals surface area (Å²) in [6.07, 6.45) is 0. The Morgan fingerprint density at radius 1 is 1.15 bits per heavy atom. The standard InChI is InChI=1S/C10H8BrNO/c11-8-3-1-2-7(6-8)9-4-5-10(12)13-9/h1-6H,12H2. The van der Waals surface area contributed by atoms with Gasteiger partial charge in [-0.25, -0.2) is 0 Å². The summed E-state index contributed by atoms with van der Waals surface area (Å²) in [6.45, 7) is 0. The molecule has 2 aromatic rings. The van der Waals surface area contributed by atoms with E-state index in [-0.39, 0.29) is 0 Å².